The Morgan fingerprint density at radius 2 is 2.12 bits per heavy atom. The molecule has 1 aromatic carbocycles. The number of aromatic amines is 1. The summed E-state index contributed by atoms with van der Waals surface area (Å²) < 4.78 is 0. The average Bonchev–Trinajstić information content (AvgIpc) is 3.21. The van der Waals surface area contributed by atoms with Crippen LogP contribution in [0.25, 0.3) is 10.9 Å². The molecule has 4 nitrogen and oxygen atoms in total. The van der Waals surface area contributed by atoms with Crippen molar-refractivity contribution in [3.05, 3.63) is 65.1 Å². The first-order valence-electron chi connectivity index (χ1n) is 8.46. The van der Waals surface area contributed by atoms with E-state index in [0.29, 0.717) is 5.69 Å². The van der Waals surface area contributed by atoms with Crippen molar-refractivity contribution in [2.24, 2.45) is 0 Å². The number of fused-ring (bicyclic) bond motifs is 1. The predicted octanol–water partition coefficient (Wildman–Crippen LogP) is 4.16. The van der Waals surface area contributed by atoms with Gasteiger partial charge in [-0.3, -0.25) is 9.78 Å². The Hall–Kier alpha value is -2.62. The molecule has 2 aromatic heterocycles. The van der Waals surface area contributed by atoms with Crippen molar-refractivity contribution in [3.8, 4) is 0 Å². The van der Waals surface area contributed by atoms with E-state index in [1.807, 2.05) is 30.0 Å². The fraction of sp³-hybridized carbons (Fsp3) is 0.300. The molecule has 1 aliphatic heterocycles. The van der Waals surface area contributed by atoms with Crippen molar-refractivity contribution in [1.29, 1.82) is 0 Å². The zero-order chi connectivity index (χ0) is 16.7. The zero-order valence-electron chi connectivity index (χ0n) is 14.0. The highest BCUT2D eigenvalue weighted by Crippen LogP contribution is 2.33. The molecule has 24 heavy (non-hydrogen) atoms. The number of likely N-dealkylation sites (tertiary alicyclic amines) is 1. The summed E-state index contributed by atoms with van der Waals surface area (Å²) in [6.07, 6.45) is 3.79. The number of H-pyrrole nitrogens is 1. The monoisotopic (exact) mass is 319 g/mol. The van der Waals surface area contributed by atoms with Crippen LogP contribution in [-0.4, -0.2) is 27.3 Å². The zero-order valence-corrected chi connectivity index (χ0v) is 14.0. The highest BCUT2D eigenvalue weighted by atomic mass is 16.2. The summed E-state index contributed by atoms with van der Waals surface area (Å²) in [5.41, 5.74) is 4.95. The lowest BCUT2D eigenvalue weighted by Gasteiger charge is -2.24. The Morgan fingerprint density at radius 1 is 1.25 bits per heavy atom. The molecule has 1 fully saturated rings. The number of hydrogen-bond donors (Lipinski definition) is 1. The van der Waals surface area contributed by atoms with Gasteiger partial charge in [-0.1, -0.05) is 17.7 Å². The molecule has 0 spiro atoms. The Kier molecular flexibility index (Phi) is 3.60. The maximum Gasteiger partial charge on any atom is 0.271 e. The second-order valence-electron chi connectivity index (χ2n) is 6.59. The summed E-state index contributed by atoms with van der Waals surface area (Å²) >= 11 is 0. The van der Waals surface area contributed by atoms with Gasteiger partial charge in [-0.2, -0.15) is 0 Å². The number of benzene rings is 1. The van der Waals surface area contributed by atoms with E-state index >= 15 is 0 Å². The molecule has 1 aliphatic rings. The third-order valence-corrected chi connectivity index (χ3v) is 4.97. The van der Waals surface area contributed by atoms with Crippen LogP contribution in [0.1, 0.15) is 46.2 Å². The fourth-order valence-corrected chi connectivity index (χ4v) is 3.69. The molecule has 0 bridgehead atoms. The molecule has 4 rings (SSSR count). The molecule has 3 heterocycles. The fourth-order valence-electron chi connectivity index (χ4n) is 3.69. The molecule has 0 saturated carbocycles. The lowest BCUT2D eigenvalue weighted by molar-refractivity contribution is 0.0727. The number of pyridine rings is 1. The first kappa shape index (κ1) is 14.9. The number of carbonyl (C=O) groups excluding carboxylic acids is 1. The number of hydrogen-bond acceptors (Lipinski definition) is 2. The van der Waals surface area contributed by atoms with E-state index in [4.69, 9.17) is 0 Å². The van der Waals surface area contributed by atoms with Crippen molar-refractivity contribution in [2.45, 2.75) is 32.7 Å². The van der Waals surface area contributed by atoms with Crippen LogP contribution >= 0.6 is 0 Å². The Morgan fingerprint density at radius 3 is 2.92 bits per heavy atom. The Bertz CT molecular complexity index is 898. The summed E-state index contributed by atoms with van der Waals surface area (Å²) in [6.45, 7) is 4.89. The van der Waals surface area contributed by atoms with Gasteiger partial charge < -0.3 is 9.88 Å². The minimum Gasteiger partial charge on any atom is -0.350 e. The van der Waals surface area contributed by atoms with Crippen LogP contribution in [0.5, 0.6) is 0 Å². The normalized spacial score (nSPS) is 17.6. The van der Waals surface area contributed by atoms with E-state index in [1.165, 1.54) is 5.56 Å². The van der Waals surface area contributed by atoms with Gasteiger partial charge in [-0.15, -0.1) is 0 Å². The van der Waals surface area contributed by atoms with Gasteiger partial charge in [-0.25, -0.2) is 0 Å². The lowest BCUT2D eigenvalue weighted by atomic mass is 10.1. The van der Waals surface area contributed by atoms with Crippen molar-refractivity contribution in [1.82, 2.24) is 14.9 Å². The summed E-state index contributed by atoms with van der Waals surface area (Å²) in [7, 11) is 0. The quantitative estimate of drug-likeness (QED) is 0.771. The van der Waals surface area contributed by atoms with Gasteiger partial charge in [0.2, 0.25) is 0 Å². The van der Waals surface area contributed by atoms with Gasteiger partial charge in [0.1, 0.15) is 5.69 Å². The number of rotatable bonds is 2. The van der Waals surface area contributed by atoms with Gasteiger partial charge in [0.05, 0.1) is 11.7 Å². The molecule has 3 aromatic rings. The van der Waals surface area contributed by atoms with Crippen LogP contribution in [0, 0.1) is 13.8 Å². The molecule has 122 valence electrons. The SMILES string of the molecule is Cc1ccc2[nH]c(C(=O)N3CCC[C@@H]3c3ccccn3)c(C)c2c1. The third-order valence-electron chi connectivity index (χ3n) is 4.97. The maximum absolute atomic E-state index is 13.2. The van der Waals surface area contributed by atoms with Gasteiger partial charge in [-0.05, 0) is 56.5 Å². The third kappa shape index (κ3) is 2.39. The second-order valence-corrected chi connectivity index (χ2v) is 6.59. The molecule has 1 saturated heterocycles. The highest BCUT2D eigenvalue weighted by molar-refractivity contribution is 6.01. The summed E-state index contributed by atoms with van der Waals surface area (Å²) in [6, 6.07) is 12.2. The molecule has 1 amide bonds. The van der Waals surface area contributed by atoms with Gasteiger partial charge >= 0.3 is 0 Å². The van der Waals surface area contributed by atoms with Crippen LogP contribution < -0.4 is 0 Å². The first-order chi connectivity index (χ1) is 11.6. The first-order valence-corrected chi connectivity index (χ1v) is 8.46. The molecule has 1 N–H and O–H groups in total. The number of aromatic nitrogens is 2. The van der Waals surface area contributed by atoms with E-state index in [-0.39, 0.29) is 11.9 Å². The summed E-state index contributed by atoms with van der Waals surface area (Å²) in [4.78, 5) is 22.9. The van der Waals surface area contributed by atoms with E-state index in [0.717, 1.165) is 41.5 Å². The van der Waals surface area contributed by atoms with Crippen LogP contribution in [0.2, 0.25) is 0 Å². The second kappa shape index (κ2) is 5.78. The van der Waals surface area contributed by atoms with Gasteiger partial charge in [0.25, 0.3) is 5.91 Å². The molecular weight excluding hydrogens is 298 g/mol. The van der Waals surface area contributed by atoms with Crippen molar-refractivity contribution < 1.29 is 4.79 Å². The summed E-state index contributed by atoms with van der Waals surface area (Å²) in [5.74, 6) is 0.0782. The maximum atomic E-state index is 13.2. The standard InChI is InChI=1S/C20H21N3O/c1-13-8-9-16-15(12-13)14(2)19(22-16)20(24)23-11-5-7-18(23)17-6-3-4-10-21-17/h3-4,6,8-10,12,18,22H,5,7,11H2,1-2H3/t18-/m1/s1. The van der Waals surface area contributed by atoms with Crippen molar-refractivity contribution in [2.75, 3.05) is 6.54 Å². The average molecular weight is 319 g/mol. The molecule has 0 aliphatic carbocycles. The smallest absolute Gasteiger partial charge is 0.271 e. The molecule has 0 unspecified atom stereocenters. The minimum absolute atomic E-state index is 0.0752. The van der Waals surface area contributed by atoms with Gasteiger partial charge in [0.15, 0.2) is 0 Å². The lowest BCUT2D eigenvalue weighted by Crippen LogP contribution is -2.31. The van der Waals surface area contributed by atoms with Gasteiger partial charge in [0, 0.05) is 23.6 Å². The topological polar surface area (TPSA) is 49.0 Å². The molecular formula is C20H21N3O. The van der Waals surface area contributed by atoms with E-state index in [2.05, 4.69) is 35.1 Å². The number of amides is 1. The van der Waals surface area contributed by atoms with E-state index < -0.39 is 0 Å². The van der Waals surface area contributed by atoms with E-state index in [1.54, 1.807) is 6.20 Å². The van der Waals surface area contributed by atoms with Crippen molar-refractivity contribution in [3.63, 3.8) is 0 Å². The number of aryl methyl sites for hydroxylation is 2. The molecule has 1 atom stereocenters. The molecule has 0 radical (unpaired) electrons. The van der Waals surface area contributed by atoms with Crippen LogP contribution in [-0.2, 0) is 0 Å². The predicted molar refractivity (Wildman–Crippen MR) is 95.0 cm³/mol. The largest absolute Gasteiger partial charge is 0.350 e. The van der Waals surface area contributed by atoms with Crippen LogP contribution in [0.3, 0.4) is 0 Å². The molecule has 4 heteroatoms. The Labute approximate surface area is 141 Å². The van der Waals surface area contributed by atoms with Crippen LogP contribution in [0.4, 0.5) is 0 Å². The number of nitrogens with one attached hydrogen (secondary N) is 1. The highest BCUT2D eigenvalue weighted by Gasteiger charge is 2.32. The number of carbonyl (C=O) groups is 1. The van der Waals surface area contributed by atoms with Crippen LogP contribution in [0.15, 0.2) is 42.6 Å². The minimum atomic E-state index is 0.0752. The summed E-state index contributed by atoms with van der Waals surface area (Å²) in [5, 5.41) is 1.13. The number of nitrogens with zero attached hydrogens (tertiary/aromatic N) is 2. The van der Waals surface area contributed by atoms with E-state index in [9.17, 15) is 4.79 Å². The Balaban J connectivity index is 1.72. The van der Waals surface area contributed by atoms with Crippen molar-refractivity contribution >= 4 is 16.8 Å².